The van der Waals surface area contributed by atoms with Gasteiger partial charge < -0.3 is 4.43 Å². The lowest BCUT2D eigenvalue weighted by Gasteiger charge is -2.31. The van der Waals surface area contributed by atoms with Crippen LogP contribution in [-0.4, -0.2) is 14.9 Å². The van der Waals surface area contributed by atoms with Gasteiger partial charge in [0.15, 0.2) is 0 Å². The van der Waals surface area contributed by atoms with Crippen LogP contribution in [0.15, 0.2) is 12.3 Å². The molecule has 0 N–H and O–H groups in total. The third kappa shape index (κ3) is 2.17. The Labute approximate surface area is 70.6 Å². The average molecular weight is 170 g/mol. The van der Waals surface area contributed by atoms with Crippen LogP contribution in [0.4, 0.5) is 0 Å². The molecular formula is C9H18OSi. The van der Waals surface area contributed by atoms with Crippen LogP contribution in [0.25, 0.3) is 0 Å². The minimum atomic E-state index is -1.39. The molecule has 0 radical (unpaired) electrons. The Bertz CT molecular complexity index is 122. The van der Waals surface area contributed by atoms with Gasteiger partial charge in [-0.2, -0.15) is 0 Å². The van der Waals surface area contributed by atoms with Gasteiger partial charge in [-0.1, -0.05) is 25.5 Å². The zero-order chi connectivity index (χ0) is 8.16. The summed E-state index contributed by atoms with van der Waals surface area (Å²) < 4.78 is 5.88. The first-order chi connectivity index (χ1) is 5.33. The summed E-state index contributed by atoms with van der Waals surface area (Å²) in [5, 5.41) is 0. The van der Waals surface area contributed by atoms with Crippen LogP contribution >= 0.6 is 0 Å². The van der Waals surface area contributed by atoms with Gasteiger partial charge in [0.05, 0.1) is 0 Å². The summed E-state index contributed by atoms with van der Waals surface area (Å²) in [5.74, 6) is 0. The summed E-state index contributed by atoms with van der Waals surface area (Å²) in [4.78, 5) is 0. The molecular weight excluding hydrogens is 152 g/mol. The molecule has 1 fully saturated rings. The smallest absolute Gasteiger partial charge is 0.216 e. The highest BCUT2D eigenvalue weighted by atomic mass is 28.4. The van der Waals surface area contributed by atoms with Gasteiger partial charge in [0.25, 0.3) is 0 Å². The van der Waals surface area contributed by atoms with Crippen molar-refractivity contribution in [2.45, 2.75) is 38.3 Å². The second-order valence-electron chi connectivity index (χ2n) is 3.32. The Balaban J connectivity index is 2.49. The van der Waals surface area contributed by atoms with E-state index in [2.05, 4.69) is 19.2 Å². The van der Waals surface area contributed by atoms with Gasteiger partial charge in [0.2, 0.25) is 8.32 Å². The molecule has 0 aromatic rings. The third-order valence-corrected chi connectivity index (χ3v) is 6.50. The van der Waals surface area contributed by atoms with Crippen molar-refractivity contribution in [1.29, 1.82) is 0 Å². The SMILES string of the molecule is C=C[Si]1(CCC)CCCCO1. The van der Waals surface area contributed by atoms with Crippen LogP contribution in [0.2, 0.25) is 12.1 Å². The Morgan fingerprint density at radius 3 is 2.82 bits per heavy atom. The van der Waals surface area contributed by atoms with E-state index in [1.165, 1.54) is 31.4 Å². The summed E-state index contributed by atoms with van der Waals surface area (Å²) in [5.41, 5.74) is 2.13. The fraction of sp³-hybridized carbons (Fsp3) is 0.778. The molecule has 1 atom stereocenters. The molecule has 1 rings (SSSR count). The zero-order valence-corrected chi connectivity index (χ0v) is 8.44. The Morgan fingerprint density at radius 1 is 1.55 bits per heavy atom. The van der Waals surface area contributed by atoms with Crippen LogP contribution in [0.1, 0.15) is 26.2 Å². The monoisotopic (exact) mass is 170 g/mol. The van der Waals surface area contributed by atoms with E-state index in [0.717, 1.165) is 6.61 Å². The highest BCUT2D eigenvalue weighted by molar-refractivity contribution is 6.78. The molecule has 1 aliphatic rings. The molecule has 11 heavy (non-hydrogen) atoms. The van der Waals surface area contributed by atoms with E-state index in [-0.39, 0.29) is 0 Å². The molecule has 1 unspecified atom stereocenters. The van der Waals surface area contributed by atoms with Gasteiger partial charge in [0.1, 0.15) is 0 Å². The quantitative estimate of drug-likeness (QED) is 0.592. The zero-order valence-electron chi connectivity index (χ0n) is 7.44. The lowest BCUT2D eigenvalue weighted by atomic mass is 10.4. The van der Waals surface area contributed by atoms with Crippen LogP contribution in [-0.2, 0) is 4.43 Å². The molecule has 0 aromatic heterocycles. The summed E-state index contributed by atoms with van der Waals surface area (Å²) in [6.07, 6.45) is 3.86. The minimum Gasteiger partial charge on any atom is -0.413 e. The van der Waals surface area contributed by atoms with Crippen molar-refractivity contribution in [1.82, 2.24) is 0 Å². The molecule has 0 aliphatic carbocycles. The van der Waals surface area contributed by atoms with Crippen molar-refractivity contribution in [3.05, 3.63) is 12.3 Å². The molecule has 0 amide bonds. The Kier molecular flexibility index (Phi) is 3.33. The number of hydrogen-bond donors (Lipinski definition) is 0. The lowest BCUT2D eigenvalue weighted by molar-refractivity contribution is 0.273. The second-order valence-corrected chi connectivity index (χ2v) is 7.15. The molecule has 0 bridgehead atoms. The van der Waals surface area contributed by atoms with Gasteiger partial charge in [-0.05, 0) is 18.5 Å². The van der Waals surface area contributed by atoms with Crippen LogP contribution in [0.5, 0.6) is 0 Å². The molecule has 1 heterocycles. The van der Waals surface area contributed by atoms with Gasteiger partial charge in [-0.3, -0.25) is 0 Å². The first-order valence-electron chi connectivity index (χ1n) is 4.60. The molecule has 2 heteroatoms. The minimum absolute atomic E-state index is 0.984. The van der Waals surface area contributed by atoms with Gasteiger partial charge in [0, 0.05) is 6.61 Å². The van der Waals surface area contributed by atoms with Gasteiger partial charge in [-0.25, -0.2) is 0 Å². The topological polar surface area (TPSA) is 9.23 Å². The second kappa shape index (κ2) is 4.07. The first kappa shape index (κ1) is 9.01. The number of hydrogen-bond acceptors (Lipinski definition) is 1. The third-order valence-electron chi connectivity index (χ3n) is 2.43. The van der Waals surface area contributed by atoms with Crippen molar-refractivity contribution in [3.63, 3.8) is 0 Å². The predicted octanol–water partition coefficient (Wildman–Crippen LogP) is 2.88. The first-order valence-corrected chi connectivity index (χ1v) is 7.00. The molecule has 0 saturated carbocycles. The fourth-order valence-electron chi connectivity index (χ4n) is 1.76. The molecule has 1 aliphatic heterocycles. The number of rotatable bonds is 3. The van der Waals surface area contributed by atoms with Crippen molar-refractivity contribution < 1.29 is 4.43 Å². The molecule has 0 aromatic carbocycles. The standard InChI is InChI=1S/C9H18OSi/c1-3-8-11(4-2)9-6-5-7-10-11/h4H,2-3,5-9H2,1H3. The molecule has 1 nitrogen and oxygen atoms in total. The van der Waals surface area contributed by atoms with Crippen molar-refractivity contribution in [3.8, 4) is 0 Å². The van der Waals surface area contributed by atoms with Crippen molar-refractivity contribution in [2.24, 2.45) is 0 Å². The maximum Gasteiger partial charge on any atom is 0.216 e. The Morgan fingerprint density at radius 2 is 2.36 bits per heavy atom. The van der Waals surface area contributed by atoms with Gasteiger partial charge in [-0.15, -0.1) is 6.58 Å². The summed E-state index contributed by atoms with van der Waals surface area (Å²) in [6, 6.07) is 2.58. The predicted molar refractivity (Wildman–Crippen MR) is 51.0 cm³/mol. The lowest BCUT2D eigenvalue weighted by Crippen LogP contribution is -2.39. The Hall–Kier alpha value is -0.0831. The van der Waals surface area contributed by atoms with Gasteiger partial charge >= 0.3 is 0 Å². The van der Waals surface area contributed by atoms with E-state index in [1.807, 2.05) is 0 Å². The maximum absolute atomic E-state index is 5.88. The van der Waals surface area contributed by atoms with Crippen molar-refractivity contribution in [2.75, 3.05) is 6.61 Å². The van der Waals surface area contributed by atoms with E-state index in [4.69, 9.17) is 4.43 Å². The van der Waals surface area contributed by atoms with Crippen LogP contribution in [0, 0.1) is 0 Å². The fourth-order valence-corrected chi connectivity index (χ4v) is 5.07. The highest BCUT2D eigenvalue weighted by Crippen LogP contribution is 2.27. The van der Waals surface area contributed by atoms with Crippen LogP contribution < -0.4 is 0 Å². The van der Waals surface area contributed by atoms with E-state index in [9.17, 15) is 0 Å². The highest BCUT2D eigenvalue weighted by Gasteiger charge is 2.32. The average Bonchev–Trinajstić information content (AvgIpc) is 2.07. The van der Waals surface area contributed by atoms with E-state index in [0.29, 0.717) is 0 Å². The molecule has 64 valence electrons. The largest absolute Gasteiger partial charge is 0.413 e. The normalized spacial score (nSPS) is 31.7. The van der Waals surface area contributed by atoms with E-state index < -0.39 is 8.32 Å². The van der Waals surface area contributed by atoms with E-state index in [1.54, 1.807) is 0 Å². The maximum atomic E-state index is 5.88. The molecule has 1 saturated heterocycles. The van der Waals surface area contributed by atoms with Crippen molar-refractivity contribution >= 4 is 8.32 Å². The summed E-state index contributed by atoms with van der Waals surface area (Å²) in [7, 11) is -1.39. The summed E-state index contributed by atoms with van der Waals surface area (Å²) >= 11 is 0. The molecule has 0 spiro atoms. The summed E-state index contributed by atoms with van der Waals surface area (Å²) in [6.45, 7) is 7.13. The van der Waals surface area contributed by atoms with E-state index >= 15 is 0 Å². The van der Waals surface area contributed by atoms with Crippen LogP contribution in [0.3, 0.4) is 0 Å².